The van der Waals surface area contributed by atoms with E-state index in [1.807, 2.05) is 12.1 Å². The average molecular weight is 277 g/mol. The van der Waals surface area contributed by atoms with Gasteiger partial charge in [0.15, 0.2) is 0 Å². The van der Waals surface area contributed by atoms with Crippen LogP contribution in [0, 0.1) is 0 Å². The van der Waals surface area contributed by atoms with Gasteiger partial charge in [-0.2, -0.15) is 0 Å². The standard InChI is InChI=1S/C16H23NO3/c1-12(11-13-6-8-14(18)9-7-13)17-10-4-2-3-5-15(17)16(19)20/h6-9,12,15,18H,2-5,10-11H2,1H3,(H,19,20). The number of hydrogen-bond donors (Lipinski definition) is 2. The minimum absolute atomic E-state index is 0.193. The molecule has 1 aliphatic heterocycles. The van der Waals surface area contributed by atoms with Gasteiger partial charge in [-0.1, -0.05) is 25.0 Å². The van der Waals surface area contributed by atoms with Crippen LogP contribution in [0.5, 0.6) is 5.75 Å². The Kier molecular flexibility index (Phi) is 5.01. The molecule has 2 rings (SSSR count). The van der Waals surface area contributed by atoms with E-state index in [0.29, 0.717) is 0 Å². The van der Waals surface area contributed by atoms with Crippen LogP contribution in [0.2, 0.25) is 0 Å². The number of aromatic hydroxyl groups is 1. The van der Waals surface area contributed by atoms with E-state index in [1.54, 1.807) is 12.1 Å². The van der Waals surface area contributed by atoms with Gasteiger partial charge < -0.3 is 10.2 Å². The average Bonchev–Trinajstić information content (AvgIpc) is 2.67. The van der Waals surface area contributed by atoms with E-state index in [-0.39, 0.29) is 17.8 Å². The maximum atomic E-state index is 11.4. The number of hydrogen-bond acceptors (Lipinski definition) is 3. The summed E-state index contributed by atoms with van der Waals surface area (Å²) in [5.74, 6) is -0.441. The molecule has 1 saturated heterocycles. The first-order valence-electron chi connectivity index (χ1n) is 7.34. The third kappa shape index (κ3) is 3.73. The number of carboxylic acids is 1. The molecular weight excluding hydrogens is 254 g/mol. The lowest BCUT2D eigenvalue weighted by Crippen LogP contribution is -2.46. The molecular formula is C16H23NO3. The molecule has 0 radical (unpaired) electrons. The van der Waals surface area contributed by atoms with Crippen molar-refractivity contribution in [3.63, 3.8) is 0 Å². The van der Waals surface area contributed by atoms with Crippen LogP contribution >= 0.6 is 0 Å². The highest BCUT2D eigenvalue weighted by atomic mass is 16.4. The second kappa shape index (κ2) is 6.75. The topological polar surface area (TPSA) is 60.8 Å². The van der Waals surface area contributed by atoms with Gasteiger partial charge in [-0.3, -0.25) is 9.69 Å². The van der Waals surface area contributed by atoms with Crippen LogP contribution in [0.3, 0.4) is 0 Å². The van der Waals surface area contributed by atoms with E-state index in [2.05, 4.69) is 11.8 Å². The van der Waals surface area contributed by atoms with Gasteiger partial charge in [0, 0.05) is 6.04 Å². The highest BCUT2D eigenvalue weighted by Gasteiger charge is 2.30. The zero-order valence-corrected chi connectivity index (χ0v) is 12.0. The van der Waals surface area contributed by atoms with Gasteiger partial charge in [0.25, 0.3) is 0 Å². The molecule has 2 atom stereocenters. The van der Waals surface area contributed by atoms with Gasteiger partial charge in [-0.25, -0.2) is 0 Å². The van der Waals surface area contributed by atoms with Crippen molar-refractivity contribution in [3.8, 4) is 5.75 Å². The SMILES string of the molecule is CC(Cc1ccc(O)cc1)N1CCCCCC1C(=O)O. The Morgan fingerprint density at radius 2 is 2.00 bits per heavy atom. The Morgan fingerprint density at radius 1 is 1.30 bits per heavy atom. The molecule has 4 nitrogen and oxygen atoms in total. The Hall–Kier alpha value is -1.55. The van der Waals surface area contributed by atoms with Gasteiger partial charge in [0.2, 0.25) is 0 Å². The molecule has 1 aromatic carbocycles. The van der Waals surface area contributed by atoms with Gasteiger partial charge in [-0.05, 0) is 50.4 Å². The molecule has 0 amide bonds. The Bertz CT molecular complexity index is 444. The lowest BCUT2D eigenvalue weighted by atomic mass is 10.0. The lowest BCUT2D eigenvalue weighted by Gasteiger charge is -2.32. The van der Waals surface area contributed by atoms with Crippen molar-refractivity contribution in [3.05, 3.63) is 29.8 Å². The number of benzene rings is 1. The molecule has 1 aliphatic rings. The third-order valence-corrected chi connectivity index (χ3v) is 4.11. The van der Waals surface area contributed by atoms with E-state index < -0.39 is 5.97 Å². The quantitative estimate of drug-likeness (QED) is 0.888. The molecule has 0 saturated carbocycles. The van der Waals surface area contributed by atoms with Crippen LogP contribution in [-0.2, 0) is 11.2 Å². The summed E-state index contributed by atoms with van der Waals surface area (Å²) in [5, 5.41) is 18.7. The number of nitrogens with zero attached hydrogens (tertiary/aromatic N) is 1. The first-order valence-corrected chi connectivity index (χ1v) is 7.34. The minimum Gasteiger partial charge on any atom is -0.508 e. The molecule has 2 N–H and O–H groups in total. The van der Waals surface area contributed by atoms with Gasteiger partial charge in [0.05, 0.1) is 0 Å². The Labute approximate surface area is 120 Å². The molecule has 0 aliphatic carbocycles. The first-order chi connectivity index (χ1) is 9.58. The largest absolute Gasteiger partial charge is 0.508 e. The molecule has 4 heteroatoms. The maximum Gasteiger partial charge on any atom is 0.320 e. The number of aliphatic carboxylic acids is 1. The number of rotatable bonds is 4. The van der Waals surface area contributed by atoms with E-state index in [1.165, 1.54) is 0 Å². The normalized spacial score (nSPS) is 22.1. The van der Waals surface area contributed by atoms with E-state index in [4.69, 9.17) is 0 Å². The summed E-state index contributed by atoms with van der Waals surface area (Å²) >= 11 is 0. The van der Waals surface area contributed by atoms with E-state index >= 15 is 0 Å². The van der Waals surface area contributed by atoms with Crippen molar-refractivity contribution in [2.45, 2.75) is 51.1 Å². The molecule has 110 valence electrons. The minimum atomic E-state index is -0.704. The summed E-state index contributed by atoms with van der Waals surface area (Å²) in [4.78, 5) is 13.6. The summed E-state index contributed by atoms with van der Waals surface area (Å²) in [7, 11) is 0. The van der Waals surface area contributed by atoms with Crippen molar-refractivity contribution in [2.75, 3.05) is 6.54 Å². The fraction of sp³-hybridized carbons (Fsp3) is 0.562. The van der Waals surface area contributed by atoms with Crippen molar-refractivity contribution in [1.82, 2.24) is 4.90 Å². The maximum absolute atomic E-state index is 11.4. The second-order valence-electron chi connectivity index (χ2n) is 5.66. The summed E-state index contributed by atoms with van der Waals surface area (Å²) in [6.45, 7) is 2.95. The Morgan fingerprint density at radius 3 is 2.65 bits per heavy atom. The van der Waals surface area contributed by atoms with Crippen molar-refractivity contribution >= 4 is 5.97 Å². The second-order valence-corrected chi connectivity index (χ2v) is 5.66. The molecule has 1 fully saturated rings. The van der Waals surface area contributed by atoms with Crippen molar-refractivity contribution in [1.29, 1.82) is 0 Å². The van der Waals surface area contributed by atoms with Gasteiger partial charge in [0.1, 0.15) is 11.8 Å². The monoisotopic (exact) mass is 277 g/mol. The lowest BCUT2D eigenvalue weighted by molar-refractivity contribution is -0.144. The highest BCUT2D eigenvalue weighted by Crippen LogP contribution is 2.22. The molecule has 1 heterocycles. The predicted molar refractivity (Wildman–Crippen MR) is 77.9 cm³/mol. The summed E-state index contributed by atoms with van der Waals surface area (Å²) < 4.78 is 0. The molecule has 0 bridgehead atoms. The predicted octanol–water partition coefficient (Wildman–Crippen LogP) is 2.65. The molecule has 0 aromatic heterocycles. The van der Waals surface area contributed by atoms with Gasteiger partial charge >= 0.3 is 5.97 Å². The zero-order valence-electron chi connectivity index (χ0n) is 12.0. The summed E-state index contributed by atoms with van der Waals surface area (Å²) in [5.41, 5.74) is 1.13. The molecule has 20 heavy (non-hydrogen) atoms. The fourth-order valence-electron chi connectivity index (χ4n) is 3.01. The number of phenolic OH excluding ortho intramolecular Hbond substituents is 1. The van der Waals surface area contributed by atoms with E-state index in [9.17, 15) is 15.0 Å². The number of carbonyl (C=O) groups is 1. The summed E-state index contributed by atoms with van der Waals surface area (Å²) in [6.07, 6.45) is 4.74. The van der Waals surface area contributed by atoms with Crippen molar-refractivity contribution in [2.24, 2.45) is 0 Å². The number of phenols is 1. The highest BCUT2D eigenvalue weighted by molar-refractivity contribution is 5.73. The van der Waals surface area contributed by atoms with E-state index in [0.717, 1.165) is 44.2 Å². The van der Waals surface area contributed by atoms with Crippen LogP contribution in [0.25, 0.3) is 0 Å². The molecule has 0 spiro atoms. The van der Waals surface area contributed by atoms with Crippen LogP contribution < -0.4 is 0 Å². The van der Waals surface area contributed by atoms with Crippen LogP contribution in [0.4, 0.5) is 0 Å². The van der Waals surface area contributed by atoms with Crippen LogP contribution in [0.1, 0.15) is 38.2 Å². The first kappa shape index (κ1) is 14.9. The smallest absolute Gasteiger partial charge is 0.320 e. The fourth-order valence-corrected chi connectivity index (χ4v) is 3.01. The summed E-state index contributed by atoms with van der Waals surface area (Å²) in [6, 6.07) is 7.00. The third-order valence-electron chi connectivity index (χ3n) is 4.11. The number of likely N-dealkylation sites (tertiary alicyclic amines) is 1. The Balaban J connectivity index is 2.06. The van der Waals surface area contributed by atoms with Crippen LogP contribution in [-0.4, -0.2) is 39.7 Å². The molecule has 1 aromatic rings. The van der Waals surface area contributed by atoms with Gasteiger partial charge in [-0.15, -0.1) is 0 Å². The molecule has 2 unspecified atom stereocenters. The van der Waals surface area contributed by atoms with Crippen molar-refractivity contribution < 1.29 is 15.0 Å². The van der Waals surface area contributed by atoms with Crippen LogP contribution in [0.15, 0.2) is 24.3 Å². The zero-order chi connectivity index (χ0) is 14.5. The number of carboxylic acid groups (broad SMARTS) is 1.